The minimum atomic E-state index is -0.718. The molecule has 1 N–H and O–H groups in total. The Balaban J connectivity index is 2.60. The van der Waals surface area contributed by atoms with Gasteiger partial charge in [0.25, 0.3) is 5.22 Å². The van der Waals surface area contributed by atoms with E-state index >= 15 is 0 Å². The van der Waals surface area contributed by atoms with Crippen molar-refractivity contribution in [3.63, 3.8) is 0 Å². The average molecular weight is 258 g/mol. The van der Waals surface area contributed by atoms with Crippen LogP contribution in [0.2, 0.25) is 0 Å². The number of carbonyl (C=O) groups excluding carboxylic acids is 1. The first-order valence-electron chi connectivity index (χ1n) is 5.57. The molecule has 17 heavy (non-hydrogen) atoms. The summed E-state index contributed by atoms with van der Waals surface area (Å²) in [6.07, 6.45) is 3.09. The van der Waals surface area contributed by atoms with E-state index in [1.165, 1.54) is 18.0 Å². The van der Waals surface area contributed by atoms with Gasteiger partial charge in [-0.25, -0.2) is 4.98 Å². The van der Waals surface area contributed by atoms with E-state index in [9.17, 15) is 4.79 Å². The highest BCUT2D eigenvalue weighted by Crippen LogP contribution is 2.22. The van der Waals surface area contributed by atoms with Gasteiger partial charge in [-0.1, -0.05) is 18.7 Å². The number of hydrogen-bond acceptors (Lipinski definition) is 6. The van der Waals surface area contributed by atoms with Crippen molar-refractivity contribution < 1.29 is 13.9 Å². The molecule has 1 rings (SSSR count). The largest absolute Gasteiger partial charge is 0.465 e. The summed E-state index contributed by atoms with van der Waals surface area (Å²) in [6, 6.07) is 0. The molecule has 0 radical (unpaired) electrons. The number of thioether (sulfide) groups is 1. The summed E-state index contributed by atoms with van der Waals surface area (Å²) in [5.74, 6) is 0.265. The topological polar surface area (TPSA) is 64.4 Å². The third-order valence-corrected chi connectivity index (χ3v) is 3.36. The number of likely N-dealkylation sites (N-methyl/N-ethyl adjacent to an activating group) is 1. The van der Waals surface area contributed by atoms with Crippen LogP contribution in [-0.4, -0.2) is 35.4 Å². The molecule has 1 unspecified atom stereocenters. The van der Waals surface area contributed by atoms with Crippen LogP contribution in [0, 0.1) is 0 Å². The van der Waals surface area contributed by atoms with E-state index in [2.05, 4.69) is 10.3 Å². The summed E-state index contributed by atoms with van der Waals surface area (Å²) < 4.78 is 10.2. The molecular weight excluding hydrogens is 240 g/mol. The Morgan fingerprint density at radius 1 is 1.65 bits per heavy atom. The molecule has 1 aromatic rings. The first kappa shape index (κ1) is 14.1. The van der Waals surface area contributed by atoms with Crippen molar-refractivity contribution in [1.82, 2.24) is 10.3 Å². The Bertz CT molecular complexity index is 342. The zero-order valence-electron chi connectivity index (χ0n) is 10.4. The highest BCUT2D eigenvalue weighted by Gasteiger charge is 2.34. The number of nitrogens with zero attached hydrogens (tertiary/aromatic N) is 1. The first-order valence-corrected chi connectivity index (χ1v) is 6.55. The van der Waals surface area contributed by atoms with Gasteiger partial charge in [0.1, 0.15) is 11.8 Å². The van der Waals surface area contributed by atoms with Gasteiger partial charge in [-0.15, -0.1) is 0 Å². The molecule has 1 heterocycles. The molecule has 0 fully saturated rings. The van der Waals surface area contributed by atoms with E-state index in [0.29, 0.717) is 24.1 Å². The molecule has 6 heteroatoms. The minimum absolute atomic E-state index is 0.249. The van der Waals surface area contributed by atoms with Gasteiger partial charge >= 0.3 is 5.97 Å². The molecule has 1 aromatic heterocycles. The molecule has 0 aliphatic carbocycles. The number of esters is 1. The normalized spacial score (nSPS) is 14.3. The van der Waals surface area contributed by atoms with Crippen molar-refractivity contribution >= 4 is 17.7 Å². The van der Waals surface area contributed by atoms with Gasteiger partial charge < -0.3 is 14.5 Å². The number of oxazole rings is 1. The molecular formula is C11H18N2O3S. The lowest BCUT2D eigenvalue weighted by molar-refractivity contribution is -0.149. The fourth-order valence-corrected chi connectivity index (χ4v) is 2.24. The van der Waals surface area contributed by atoms with Gasteiger partial charge in [-0.3, -0.25) is 4.79 Å². The smallest absolute Gasteiger partial charge is 0.326 e. The van der Waals surface area contributed by atoms with E-state index in [0.717, 1.165) is 0 Å². The molecule has 0 spiro atoms. The molecule has 0 saturated heterocycles. The number of carbonyl (C=O) groups is 1. The predicted octanol–water partition coefficient (Wildman–Crippen LogP) is 1.70. The van der Waals surface area contributed by atoms with Crippen LogP contribution in [0.15, 0.2) is 22.1 Å². The quantitative estimate of drug-likeness (QED) is 0.593. The fourth-order valence-electron chi connectivity index (χ4n) is 1.35. The maximum Gasteiger partial charge on any atom is 0.326 e. The van der Waals surface area contributed by atoms with Crippen LogP contribution in [0.1, 0.15) is 20.8 Å². The Kier molecular flexibility index (Phi) is 5.50. The van der Waals surface area contributed by atoms with E-state index in [1.54, 1.807) is 13.1 Å². The molecule has 0 saturated carbocycles. The number of nitrogens with one attached hydrogen (secondary N) is 1. The van der Waals surface area contributed by atoms with Gasteiger partial charge in [0.2, 0.25) is 0 Å². The molecule has 0 aromatic carbocycles. The third kappa shape index (κ3) is 4.05. The van der Waals surface area contributed by atoms with E-state index < -0.39 is 5.54 Å². The molecule has 5 nitrogen and oxygen atoms in total. The summed E-state index contributed by atoms with van der Waals surface area (Å²) in [4.78, 5) is 15.9. The Morgan fingerprint density at radius 2 is 2.41 bits per heavy atom. The second-order valence-corrected chi connectivity index (χ2v) is 4.60. The zero-order valence-corrected chi connectivity index (χ0v) is 11.2. The zero-order chi connectivity index (χ0) is 12.7. The Hall–Kier alpha value is -1.01. The van der Waals surface area contributed by atoms with Crippen molar-refractivity contribution in [3.05, 3.63) is 12.5 Å². The van der Waals surface area contributed by atoms with Crippen molar-refractivity contribution in [1.29, 1.82) is 0 Å². The minimum Gasteiger partial charge on any atom is -0.465 e. The molecule has 96 valence electrons. The van der Waals surface area contributed by atoms with E-state index in [-0.39, 0.29) is 5.97 Å². The Labute approximate surface area is 105 Å². The van der Waals surface area contributed by atoms with Gasteiger partial charge in [0.15, 0.2) is 0 Å². The van der Waals surface area contributed by atoms with Crippen LogP contribution in [0.4, 0.5) is 0 Å². The summed E-state index contributed by atoms with van der Waals surface area (Å²) in [7, 11) is 0. The molecule has 0 aliphatic heterocycles. The number of rotatable bonds is 7. The summed E-state index contributed by atoms with van der Waals surface area (Å²) in [6.45, 7) is 6.65. The first-order chi connectivity index (χ1) is 8.12. The fraction of sp³-hybridized carbons (Fsp3) is 0.636. The molecule has 0 aliphatic rings. The average Bonchev–Trinajstić information content (AvgIpc) is 2.80. The predicted molar refractivity (Wildman–Crippen MR) is 65.9 cm³/mol. The monoisotopic (exact) mass is 258 g/mol. The van der Waals surface area contributed by atoms with Crippen LogP contribution in [0.3, 0.4) is 0 Å². The van der Waals surface area contributed by atoms with Crippen LogP contribution >= 0.6 is 11.8 Å². The maximum atomic E-state index is 11.9. The van der Waals surface area contributed by atoms with Crippen LogP contribution in [0.25, 0.3) is 0 Å². The number of ether oxygens (including phenoxy) is 1. The van der Waals surface area contributed by atoms with Crippen molar-refractivity contribution in [2.45, 2.75) is 31.5 Å². The van der Waals surface area contributed by atoms with Crippen molar-refractivity contribution in [3.8, 4) is 0 Å². The number of hydrogen-bond donors (Lipinski definition) is 1. The van der Waals surface area contributed by atoms with Crippen LogP contribution in [-0.2, 0) is 9.53 Å². The molecule has 0 bridgehead atoms. The highest BCUT2D eigenvalue weighted by molar-refractivity contribution is 7.99. The summed E-state index contributed by atoms with van der Waals surface area (Å²) in [5, 5.41) is 3.70. The Morgan fingerprint density at radius 3 is 2.94 bits per heavy atom. The van der Waals surface area contributed by atoms with Crippen molar-refractivity contribution in [2.75, 3.05) is 18.9 Å². The van der Waals surface area contributed by atoms with E-state index in [1.807, 2.05) is 13.8 Å². The van der Waals surface area contributed by atoms with Gasteiger partial charge in [0.05, 0.1) is 12.8 Å². The lowest BCUT2D eigenvalue weighted by atomic mass is 10.1. The van der Waals surface area contributed by atoms with E-state index in [4.69, 9.17) is 9.15 Å². The van der Waals surface area contributed by atoms with Gasteiger partial charge in [0, 0.05) is 5.75 Å². The number of aromatic nitrogens is 1. The second-order valence-electron chi connectivity index (χ2n) is 3.67. The maximum absolute atomic E-state index is 11.9. The van der Waals surface area contributed by atoms with Crippen molar-refractivity contribution in [2.24, 2.45) is 0 Å². The molecule has 0 amide bonds. The SMILES string of the molecule is CCNC(C)(CSc1ncco1)C(=O)OCC. The standard InChI is InChI=1S/C11H18N2O3S/c1-4-13-11(3,9(14)15-5-2)8-17-10-12-6-7-16-10/h6-7,13H,4-5,8H2,1-3H3. The van der Waals surface area contributed by atoms with Crippen LogP contribution < -0.4 is 5.32 Å². The van der Waals surface area contributed by atoms with Gasteiger partial charge in [-0.05, 0) is 20.4 Å². The summed E-state index contributed by atoms with van der Waals surface area (Å²) >= 11 is 1.39. The lowest BCUT2D eigenvalue weighted by Crippen LogP contribution is -2.52. The third-order valence-electron chi connectivity index (χ3n) is 2.19. The summed E-state index contributed by atoms with van der Waals surface area (Å²) in [5.41, 5.74) is -0.718. The highest BCUT2D eigenvalue weighted by atomic mass is 32.2. The van der Waals surface area contributed by atoms with Gasteiger partial charge in [-0.2, -0.15) is 0 Å². The second kappa shape index (κ2) is 6.66. The lowest BCUT2D eigenvalue weighted by Gasteiger charge is -2.27. The van der Waals surface area contributed by atoms with Crippen LogP contribution in [0.5, 0.6) is 0 Å². The molecule has 1 atom stereocenters.